The van der Waals surface area contributed by atoms with Gasteiger partial charge in [0.2, 0.25) is 0 Å². The van der Waals surface area contributed by atoms with E-state index in [1.54, 1.807) is 6.92 Å². The second-order valence-corrected chi connectivity index (χ2v) is 6.80. The number of hydrogen-bond acceptors (Lipinski definition) is 3. The van der Waals surface area contributed by atoms with Gasteiger partial charge in [-0.05, 0) is 23.6 Å². The fraction of sp³-hybridized carbons (Fsp3) is 0.174. The third-order valence-electron chi connectivity index (χ3n) is 4.97. The summed E-state index contributed by atoms with van der Waals surface area (Å²) in [5, 5.41) is 14.7. The monoisotopic (exact) mass is 342 g/mol. The minimum atomic E-state index is -1.17. The first-order valence-electron chi connectivity index (χ1n) is 8.89. The van der Waals surface area contributed by atoms with Gasteiger partial charge < -0.3 is 10.4 Å². The molecule has 0 aliphatic carbocycles. The lowest BCUT2D eigenvalue weighted by atomic mass is 9.94. The smallest absolute Gasteiger partial charge is 0.143 e. The van der Waals surface area contributed by atoms with Gasteiger partial charge in [-0.2, -0.15) is 0 Å². The zero-order valence-electron chi connectivity index (χ0n) is 14.7. The molecule has 1 heterocycles. The van der Waals surface area contributed by atoms with E-state index in [9.17, 15) is 5.11 Å². The highest BCUT2D eigenvalue weighted by atomic mass is 16.3. The fourth-order valence-electron chi connectivity index (χ4n) is 3.49. The summed E-state index contributed by atoms with van der Waals surface area (Å²) in [4.78, 5) is 4.92. The molecule has 0 fully saturated rings. The lowest BCUT2D eigenvalue weighted by molar-refractivity contribution is 0.129. The highest BCUT2D eigenvalue weighted by Crippen LogP contribution is 2.39. The van der Waals surface area contributed by atoms with Crippen LogP contribution in [0.3, 0.4) is 0 Å². The molecule has 1 aliphatic rings. The van der Waals surface area contributed by atoms with Gasteiger partial charge >= 0.3 is 0 Å². The first kappa shape index (κ1) is 16.6. The molecule has 0 saturated heterocycles. The Kier molecular flexibility index (Phi) is 4.31. The molecule has 0 bridgehead atoms. The van der Waals surface area contributed by atoms with Crippen LogP contribution in [0.1, 0.15) is 35.7 Å². The Balaban J connectivity index is 1.75. The van der Waals surface area contributed by atoms with Crippen LogP contribution < -0.4 is 5.32 Å². The number of amidine groups is 1. The molecular weight excluding hydrogens is 320 g/mol. The number of aliphatic imine (C=N–C) groups is 1. The Labute approximate surface area is 154 Å². The van der Waals surface area contributed by atoms with E-state index < -0.39 is 5.60 Å². The van der Waals surface area contributed by atoms with Crippen molar-refractivity contribution in [3.05, 3.63) is 108 Å². The van der Waals surface area contributed by atoms with Gasteiger partial charge in [-0.15, -0.1) is 0 Å². The highest BCUT2D eigenvalue weighted by molar-refractivity contribution is 5.93. The molecule has 26 heavy (non-hydrogen) atoms. The van der Waals surface area contributed by atoms with Crippen molar-refractivity contribution in [3.8, 4) is 0 Å². The maximum absolute atomic E-state index is 11.2. The Morgan fingerprint density at radius 3 is 1.85 bits per heavy atom. The molecule has 3 aromatic carbocycles. The van der Waals surface area contributed by atoms with Crippen molar-refractivity contribution in [3.63, 3.8) is 0 Å². The van der Waals surface area contributed by atoms with E-state index in [0.717, 1.165) is 16.7 Å². The third-order valence-corrected chi connectivity index (χ3v) is 4.97. The van der Waals surface area contributed by atoms with Crippen LogP contribution >= 0.6 is 0 Å². The summed E-state index contributed by atoms with van der Waals surface area (Å²) in [7, 11) is 0. The fourth-order valence-corrected chi connectivity index (χ4v) is 3.49. The van der Waals surface area contributed by atoms with Crippen molar-refractivity contribution in [1.29, 1.82) is 0 Å². The number of hydrogen-bond donors (Lipinski definition) is 2. The molecular formula is C23H22N2O. The van der Waals surface area contributed by atoms with Crippen LogP contribution in [0.5, 0.6) is 0 Å². The van der Waals surface area contributed by atoms with Crippen molar-refractivity contribution in [2.75, 3.05) is 0 Å². The Morgan fingerprint density at radius 1 is 0.769 bits per heavy atom. The summed E-state index contributed by atoms with van der Waals surface area (Å²) in [5.41, 5.74) is 1.95. The second kappa shape index (κ2) is 6.77. The van der Waals surface area contributed by atoms with E-state index in [1.807, 2.05) is 66.7 Å². The topological polar surface area (TPSA) is 44.6 Å². The van der Waals surface area contributed by atoms with Crippen LogP contribution in [0.15, 0.2) is 96.0 Å². The lowest BCUT2D eigenvalue weighted by Crippen LogP contribution is -2.40. The molecule has 0 amide bonds. The average Bonchev–Trinajstić information content (AvgIpc) is 3.16. The summed E-state index contributed by atoms with van der Waals surface area (Å²) < 4.78 is 0. The van der Waals surface area contributed by atoms with E-state index in [0.29, 0.717) is 5.84 Å². The van der Waals surface area contributed by atoms with Crippen LogP contribution in [-0.4, -0.2) is 10.9 Å². The molecule has 0 saturated carbocycles. The summed E-state index contributed by atoms with van der Waals surface area (Å²) in [5.74, 6) is 0.603. The van der Waals surface area contributed by atoms with Crippen LogP contribution in [0.2, 0.25) is 0 Å². The van der Waals surface area contributed by atoms with Crippen LogP contribution in [-0.2, 0) is 5.60 Å². The van der Waals surface area contributed by atoms with Gasteiger partial charge in [0, 0.05) is 0 Å². The van der Waals surface area contributed by atoms with E-state index in [4.69, 9.17) is 4.99 Å². The number of rotatable bonds is 4. The Bertz CT molecular complexity index is 889. The molecule has 2 N–H and O–H groups in total. The molecule has 3 heteroatoms. The molecule has 0 radical (unpaired) electrons. The first-order chi connectivity index (χ1) is 12.7. The molecule has 0 unspecified atom stereocenters. The SMILES string of the molecule is C[C@@](O)(C1=N[C@@H](c2ccccc2)[C@H](c2ccccc2)N1)c1ccccc1. The largest absolute Gasteiger partial charge is 0.377 e. The van der Waals surface area contributed by atoms with Crippen molar-refractivity contribution in [2.24, 2.45) is 4.99 Å². The van der Waals surface area contributed by atoms with Gasteiger partial charge in [-0.1, -0.05) is 91.0 Å². The predicted molar refractivity (Wildman–Crippen MR) is 105 cm³/mol. The second-order valence-electron chi connectivity index (χ2n) is 6.80. The Morgan fingerprint density at radius 2 is 1.27 bits per heavy atom. The van der Waals surface area contributed by atoms with E-state index in [-0.39, 0.29) is 12.1 Å². The van der Waals surface area contributed by atoms with Gasteiger partial charge in [0.1, 0.15) is 17.5 Å². The van der Waals surface area contributed by atoms with Crippen molar-refractivity contribution < 1.29 is 5.11 Å². The Hall–Kier alpha value is -2.91. The molecule has 3 nitrogen and oxygen atoms in total. The summed E-state index contributed by atoms with van der Waals surface area (Å²) in [6.07, 6.45) is 0. The average molecular weight is 342 g/mol. The van der Waals surface area contributed by atoms with Crippen LogP contribution in [0, 0.1) is 0 Å². The summed E-state index contributed by atoms with van der Waals surface area (Å²) in [6.45, 7) is 1.80. The molecule has 3 aromatic rings. The molecule has 130 valence electrons. The first-order valence-corrected chi connectivity index (χ1v) is 8.89. The number of aliphatic hydroxyl groups is 1. The number of nitrogens with one attached hydrogen (secondary N) is 1. The van der Waals surface area contributed by atoms with Crippen molar-refractivity contribution >= 4 is 5.84 Å². The number of nitrogens with zero attached hydrogens (tertiary/aromatic N) is 1. The van der Waals surface area contributed by atoms with Crippen molar-refractivity contribution in [1.82, 2.24) is 5.32 Å². The van der Waals surface area contributed by atoms with E-state index in [2.05, 4.69) is 29.6 Å². The molecule has 4 rings (SSSR count). The summed E-state index contributed by atoms with van der Waals surface area (Å²) in [6, 6.07) is 30.1. The van der Waals surface area contributed by atoms with E-state index >= 15 is 0 Å². The third kappa shape index (κ3) is 3.02. The molecule has 1 aliphatic heterocycles. The van der Waals surface area contributed by atoms with Gasteiger partial charge in [-0.25, -0.2) is 0 Å². The van der Waals surface area contributed by atoms with Gasteiger partial charge in [0.15, 0.2) is 0 Å². The van der Waals surface area contributed by atoms with Gasteiger partial charge in [0.25, 0.3) is 0 Å². The van der Waals surface area contributed by atoms with E-state index in [1.165, 1.54) is 0 Å². The number of benzene rings is 3. The zero-order chi connectivity index (χ0) is 18.0. The van der Waals surface area contributed by atoms with Crippen molar-refractivity contribution in [2.45, 2.75) is 24.6 Å². The predicted octanol–water partition coefficient (Wildman–Crippen LogP) is 4.38. The van der Waals surface area contributed by atoms with Gasteiger partial charge in [0.05, 0.1) is 6.04 Å². The summed E-state index contributed by atoms with van der Waals surface area (Å²) >= 11 is 0. The molecule has 3 atom stereocenters. The normalized spacial score (nSPS) is 21.5. The standard InChI is InChI=1S/C23H22N2O/c1-23(26,19-15-9-4-10-16-19)22-24-20(17-11-5-2-6-12-17)21(25-22)18-13-7-3-8-14-18/h2-16,20-21,26H,1H3,(H,24,25)/t20-,21-,23-/m0/s1. The minimum Gasteiger partial charge on any atom is -0.377 e. The zero-order valence-corrected chi connectivity index (χ0v) is 14.7. The minimum absolute atomic E-state index is 0.0104. The maximum atomic E-state index is 11.2. The lowest BCUT2D eigenvalue weighted by Gasteiger charge is -2.26. The maximum Gasteiger partial charge on any atom is 0.143 e. The molecule has 0 spiro atoms. The van der Waals surface area contributed by atoms with Gasteiger partial charge in [-0.3, -0.25) is 4.99 Å². The quantitative estimate of drug-likeness (QED) is 0.739. The van der Waals surface area contributed by atoms with Crippen LogP contribution in [0.4, 0.5) is 0 Å². The van der Waals surface area contributed by atoms with Crippen LogP contribution in [0.25, 0.3) is 0 Å². The molecule has 0 aromatic heterocycles. The highest BCUT2D eigenvalue weighted by Gasteiger charge is 2.39.